The highest BCUT2D eigenvalue weighted by Crippen LogP contribution is 2.59. The monoisotopic (exact) mass is 1260 g/mol. The van der Waals surface area contributed by atoms with Gasteiger partial charge >= 0.3 is 0 Å². The molecule has 2 heterocycles. The molecule has 23 rings (SSSR count). The van der Waals surface area contributed by atoms with E-state index in [0.29, 0.717) is 28.6 Å². The van der Waals surface area contributed by atoms with Gasteiger partial charge in [0, 0.05) is 72.6 Å². The van der Waals surface area contributed by atoms with E-state index < -0.39 is 0 Å². The van der Waals surface area contributed by atoms with Gasteiger partial charge < -0.3 is 30.6 Å². The Morgan fingerprint density at radius 3 is 1.13 bits per heavy atom. The maximum Gasteiger partial charge on any atom is 0.227 e. The van der Waals surface area contributed by atoms with E-state index in [0.717, 1.165) is 121 Å². The number of carbonyl (C=O) groups is 1. The molecule has 5 aromatic carbocycles. The molecule has 1 aromatic heterocycles. The molecule has 0 unspecified atom stereocenters. The second kappa shape index (κ2) is 26.4. The third-order valence-electron chi connectivity index (χ3n) is 27.2. The van der Waals surface area contributed by atoms with Crippen LogP contribution >= 0.6 is 0 Å². The van der Waals surface area contributed by atoms with E-state index >= 15 is 0 Å². The van der Waals surface area contributed by atoms with Crippen LogP contribution in [0.25, 0.3) is 27.8 Å². The van der Waals surface area contributed by atoms with E-state index in [-0.39, 0.29) is 5.91 Å². The molecule has 496 valence electrons. The first-order valence-electron chi connectivity index (χ1n) is 38.1. The van der Waals surface area contributed by atoms with E-state index in [1.54, 1.807) is 6.26 Å². The van der Waals surface area contributed by atoms with Crippen LogP contribution in [-0.2, 0) is 31.0 Å². The van der Waals surface area contributed by atoms with Crippen molar-refractivity contribution in [3.63, 3.8) is 0 Å². The van der Waals surface area contributed by atoms with Gasteiger partial charge in [-0.15, -0.1) is 0 Å². The molecule has 7 heteroatoms. The summed E-state index contributed by atoms with van der Waals surface area (Å²) < 4.78 is 5.21. The molecule has 94 heavy (non-hydrogen) atoms. The Morgan fingerprint density at radius 2 is 0.798 bits per heavy atom. The van der Waals surface area contributed by atoms with Crippen LogP contribution in [0.2, 0.25) is 0 Å². The van der Waals surface area contributed by atoms with Crippen LogP contribution in [0.1, 0.15) is 213 Å². The number of carbonyl (C=O) groups excluding carboxylic acids is 1. The molecule has 0 spiro atoms. The first kappa shape index (κ1) is 63.2. The normalized spacial score (nSPS) is 35.2. The maximum atomic E-state index is 11.9. The van der Waals surface area contributed by atoms with E-state index in [9.17, 15) is 4.79 Å². The Hall–Kier alpha value is -5.57. The van der Waals surface area contributed by atoms with Crippen molar-refractivity contribution in [1.29, 1.82) is 0 Å². The van der Waals surface area contributed by atoms with Gasteiger partial charge in [-0.05, 0) is 326 Å². The number of furan rings is 1. The first-order valence-corrected chi connectivity index (χ1v) is 38.1. The summed E-state index contributed by atoms with van der Waals surface area (Å²) in [5.41, 5.74) is 18.8. The molecule has 0 radical (unpaired) electrons. The summed E-state index contributed by atoms with van der Waals surface area (Å²) in [6.07, 6.45) is 40.5. The van der Waals surface area contributed by atoms with Crippen LogP contribution < -0.4 is 26.2 Å². The van der Waals surface area contributed by atoms with Gasteiger partial charge in [0.1, 0.15) is 0 Å². The van der Waals surface area contributed by atoms with Crippen molar-refractivity contribution in [3.8, 4) is 22.3 Å². The summed E-state index contributed by atoms with van der Waals surface area (Å²) in [7, 11) is 0. The number of hydrogen-bond acceptors (Lipinski definition) is 6. The van der Waals surface area contributed by atoms with Gasteiger partial charge in [-0.25, -0.2) is 0 Å². The smallest absolute Gasteiger partial charge is 0.227 e. The molecule has 16 bridgehead atoms. The van der Waals surface area contributed by atoms with Gasteiger partial charge in [0.25, 0.3) is 0 Å². The number of nitrogens with one attached hydrogen (secondary N) is 4. The number of amides is 1. The minimum atomic E-state index is 0.273. The number of hydrogen-bond donors (Lipinski definition) is 4. The summed E-state index contributed by atoms with van der Waals surface area (Å²) in [5.74, 6) is 12.4. The van der Waals surface area contributed by atoms with Gasteiger partial charge in [0.15, 0.2) is 0 Å². The largest absolute Gasteiger partial charge is 0.472 e. The van der Waals surface area contributed by atoms with Crippen LogP contribution in [-0.4, -0.2) is 34.6 Å². The molecule has 0 atom stereocenters. The Labute approximate surface area is 564 Å². The fourth-order valence-electron chi connectivity index (χ4n) is 24.3. The molecular weight excluding hydrogens is 1150 g/mol. The highest BCUT2D eigenvalue weighted by molar-refractivity contribution is 5.95. The average molecular weight is 1260 g/mol. The molecule has 16 saturated carbocycles. The van der Waals surface area contributed by atoms with Crippen molar-refractivity contribution in [1.82, 2.24) is 21.3 Å². The fraction of sp³-hybridized carbons (Fsp3) is 0.575. The van der Waals surface area contributed by atoms with Gasteiger partial charge in [0.05, 0.1) is 12.5 Å². The summed E-state index contributed by atoms with van der Waals surface area (Å²) in [6.45, 7) is 15.5. The van der Waals surface area contributed by atoms with E-state index in [4.69, 9.17) is 4.42 Å². The average Bonchev–Trinajstić information content (AvgIpc) is 0.891. The third kappa shape index (κ3) is 13.8. The fourth-order valence-corrected chi connectivity index (χ4v) is 24.3. The number of rotatable bonds is 16. The number of aryl methyl sites for hydroxylation is 2. The predicted molar refractivity (Wildman–Crippen MR) is 386 cm³/mol. The van der Waals surface area contributed by atoms with Crippen LogP contribution in [0.15, 0.2) is 145 Å². The standard InChI is InChI=1S/C24H29N.C22H27NO.C21H28N2O.C20H27N/c1-17-9-22(21-5-3-2-4-6-21)7-8-23(17)16-25-24-13-18-10-19(14-24)12-20(11-18)15-24;1-15-6-19(21-4-5-24-14-21)2-3-20(15)13-23-22-10-16-7-17(11-22)9-18(8-16)12-22;24-20-2-1-7-23(20)19-5-3-15(4-6-19)14-22-21-11-16-8-17(12-21)10-18(9-16)13-21;1-14(2)19-5-3-15(4-6-19)13-21-20-10-16-7-17(11-20)9-18(8-16)12-20/h2-9,18-20,25H,10-16H2,1H3;2-6,14,16-18,23H,7-13H2,1H3;3-6,16-18,22H,1-2,7-14H2;3-6,16-18,21H,1,7-13H2,2H3. The Morgan fingerprint density at radius 1 is 0.436 bits per heavy atom. The quantitative estimate of drug-likeness (QED) is 0.0773. The SMILES string of the molecule is C=C(C)c1ccc(CNC23CC4CC(CC(C4)C2)C3)cc1.Cc1cc(-c2ccccc2)ccc1CNC12CC3CC(CC(C3)C1)C2.Cc1cc(-c2ccoc2)ccc1CNC12CC3CC(CC(C3)C1)C2.O=C1CCCN1c1ccc(CNC23CC4CC(CC(C4)C2)C3)cc1. The number of allylic oxidation sites excluding steroid dienone is 1. The molecule has 1 amide bonds. The lowest BCUT2D eigenvalue weighted by Gasteiger charge is -2.57. The van der Waals surface area contributed by atoms with Crippen molar-refractivity contribution in [2.24, 2.45) is 71.0 Å². The lowest BCUT2D eigenvalue weighted by molar-refractivity contribution is -0.117. The molecule has 16 aliphatic carbocycles. The van der Waals surface area contributed by atoms with Crippen molar-refractivity contribution >= 4 is 17.2 Å². The maximum absolute atomic E-state index is 11.9. The van der Waals surface area contributed by atoms with Crippen molar-refractivity contribution in [2.45, 2.75) is 236 Å². The van der Waals surface area contributed by atoms with Crippen molar-refractivity contribution < 1.29 is 9.21 Å². The highest BCUT2D eigenvalue weighted by atomic mass is 16.3. The lowest BCUT2D eigenvalue weighted by Crippen LogP contribution is -2.58. The summed E-state index contributed by atoms with van der Waals surface area (Å²) in [4.78, 5) is 13.8. The molecule has 6 aromatic rings. The van der Waals surface area contributed by atoms with E-state index in [1.165, 1.54) is 215 Å². The summed E-state index contributed by atoms with van der Waals surface area (Å²) in [6, 6.07) is 44.1. The topological polar surface area (TPSA) is 81.6 Å². The first-order chi connectivity index (χ1) is 45.7. The van der Waals surface area contributed by atoms with Gasteiger partial charge in [-0.3, -0.25) is 4.79 Å². The Bertz CT molecular complexity index is 3480. The van der Waals surface area contributed by atoms with Gasteiger partial charge in [0.2, 0.25) is 5.91 Å². The lowest BCUT2D eigenvalue weighted by atomic mass is 9.53. The Kier molecular flexibility index (Phi) is 17.7. The molecule has 17 fully saturated rings. The van der Waals surface area contributed by atoms with Crippen LogP contribution in [0.4, 0.5) is 5.69 Å². The molecule has 4 N–H and O–H groups in total. The number of anilines is 1. The molecule has 1 saturated heterocycles. The minimum Gasteiger partial charge on any atom is -0.472 e. The second-order valence-corrected chi connectivity index (χ2v) is 34.7. The minimum absolute atomic E-state index is 0.273. The van der Waals surface area contributed by atoms with E-state index in [2.05, 4.69) is 164 Å². The zero-order valence-electron chi connectivity index (χ0n) is 57.5. The van der Waals surface area contributed by atoms with Crippen LogP contribution in [0, 0.1) is 84.9 Å². The van der Waals surface area contributed by atoms with E-state index in [1.807, 2.05) is 17.2 Å². The van der Waals surface area contributed by atoms with Gasteiger partial charge in [-0.2, -0.15) is 0 Å². The third-order valence-corrected chi connectivity index (χ3v) is 27.2. The molecule has 1 aliphatic heterocycles. The van der Waals surface area contributed by atoms with Crippen LogP contribution in [0.5, 0.6) is 0 Å². The summed E-state index contributed by atoms with van der Waals surface area (Å²) >= 11 is 0. The second-order valence-electron chi connectivity index (χ2n) is 34.7. The predicted octanol–water partition coefficient (Wildman–Crippen LogP) is 19.7. The number of benzene rings is 5. The highest BCUT2D eigenvalue weighted by Gasteiger charge is 2.54. The van der Waals surface area contributed by atoms with Crippen molar-refractivity contribution in [3.05, 3.63) is 179 Å². The van der Waals surface area contributed by atoms with Crippen molar-refractivity contribution in [2.75, 3.05) is 11.4 Å². The molecular formula is C87H111N5O2. The number of nitrogens with zero attached hydrogens (tertiary/aromatic N) is 1. The summed E-state index contributed by atoms with van der Waals surface area (Å²) in [5, 5.41) is 16.0. The molecule has 7 nitrogen and oxygen atoms in total. The Balaban J connectivity index is 0.0000000993. The van der Waals surface area contributed by atoms with Gasteiger partial charge in [-0.1, -0.05) is 115 Å². The zero-order valence-corrected chi connectivity index (χ0v) is 57.5. The zero-order chi connectivity index (χ0) is 63.6. The van der Waals surface area contributed by atoms with Crippen LogP contribution in [0.3, 0.4) is 0 Å². The molecule has 17 aliphatic rings.